The van der Waals surface area contributed by atoms with Crippen molar-refractivity contribution in [2.45, 2.75) is 5.66 Å². The van der Waals surface area contributed by atoms with E-state index in [2.05, 4.69) is 10.9 Å². The van der Waals surface area contributed by atoms with Gasteiger partial charge in [0.1, 0.15) is 6.07 Å². The summed E-state index contributed by atoms with van der Waals surface area (Å²) in [5, 5.41) is 8.79. The number of hydrogen-bond donors (Lipinski definition) is 3. The Bertz CT molecular complexity index is 354. The summed E-state index contributed by atoms with van der Waals surface area (Å²) in [6, 6.07) is 9.43. The molecule has 4 heteroatoms. The van der Waals surface area contributed by atoms with Gasteiger partial charge in [0.15, 0.2) is 0 Å². The molecule has 1 aliphatic heterocycles. The van der Waals surface area contributed by atoms with Crippen molar-refractivity contribution in [3.05, 3.63) is 29.8 Å². The molecule has 0 saturated heterocycles. The van der Waals surface area contributed by atoms with Crippen molar-refractivity contribution in [1.29, 1.82) is 5.26 Å². The first kappa shape index (κ1) is 7.10. The van der Waals surface area contributed by atoms with Crippen LogP contribution >= 0.6 is 0 Å². The summed E-state index contributed by atoms with van der Waals surface area (Å²) in [6.45, 7) is 0. The number of fused-ring (bicyclic) bond motifs is 1. The molecule has 1 heterocycles. The van der Waals surface area contributed by atoms with E-state index in [1.807, 2.05) is 30.3 Å². The minimum Gasteiger partial charge on any atom is -0.318 e. The van der Waals surface area contributed by atoms with E-state index in [4.69, 9.17) is 11.0 Å². The number of rotatable bonds is 0. The number of benzene rings is 1. The van der Waals surface area contributed by atoms with Crippen molar-refractivity contribution in [1.82, 2.24) is 5.43 Å². The predicted molar refractivity (Wildman–Crippen MR) is 44.7 cm³/mol. The highest BCUT2D eigenvalue weighted by Gasteiger charge is 2.34. The maximum Gasteiger partial charge on any atom is 0.201 e. The van der Waals surface area contributed by atoms with E-state index >= 15 is 0 Å². The van der Waals surface area contributed by atoms with Crippen LogP contribution in [0.3, 0.4) is 0 Å². The van der Waals surface area contributed by atoms with Gasteiger partial charge in [-0.25, -0.2) is 0 Å². The number of hydrogen-bond acceptors (Lipinski definition) is 4. The fraction of sp³-hybridized carbons (Fsp3) is 0.125. The smallest absolute Gasteiger partial charge is 0.201 e. The highest BCUT2D eigenvalue weighted by atomic mass is 15.5. The molecule has 0 aromatic heterocycles. The molecule has 1 atom stereocenters. The van der Waals surface area contributed by atoms with Crippen molar-refractivity contribution < 1.29 is 0 Å². The van der Waals surface area contributed by atoms with Gasteiger partial charge in [0, 0.05) is 5.56 Å². The van der Waals surface area contributed by atoms with E-state index in [0.29, 0.717) is 0 Å². The van der Waals surface area contributed by atoms with Crippen LogP contribution < -0.4 is 16.6 Å². The third-order valence-electron chi connectivity index (χ3n) is 1.92. The molecule has 12 heavy (non-hydrogen) atoms. The first-order chi connectivity index (χ1) is 5.76. The van der Waals surface area contributed by atoms with Gasteiger partial charge in [-0.1, -0.05) is 18.2 Å². The summed E-state index contributed by atoms with van der Waals surface area (Å²) in [6.07, 6.45) is 0. The topological polar surface area (TPSA) is 73.9 Å². The fourth-order valence-electron chi connectivity index (χ4n) is 1.26. The molecule has 2 rings (SSSR count). The molecule has 0 saturated carbocycles. The van der Waals surface area contributed by atoms with Gasteiger partial charge in [0.05, 0.1) is 5.69 Å². The van der Waals surface area contributed by atoms with Crippen molar-refractivity contribution in [3.63, 3.8) is 0 Å². The first-order valence-electron chi connectivity index (χ1n) is 3.59. The lowest BCUT2D eigenvalue weighted by Gasteiger charge is -2.13. The second-order valence-corrected chi connectivity index (χ2v) is 2.72. The molecule has 0 amide bonds. The van der Waals surface area contributed by atoms with Gasteiger partial charge in [-0.15, -0.1) is 0 Å². The van der Waals surface area contributed by atoms with E-state index in [9.17, 15) is 0 Å². The second kappa shape index (κ2) is 2.21. The number of anilines is 1. The summed E-state index contributed by atoms with van der Waals surface area (Å²) in [7, 11) is 0. The number of hydrazine groups is 1. The lowest BCUT2D eigenvalue weighted by atomic mass is 10.0. The lowest BCUT2D eigenvalue weighted by Crippen LogP contribution is -2.46. The summed E-state index contributed by atoms with van der Waals surface area (Å²) >= 11 is 0. The molecule has 0 aliphatic carbocycles. The Hall–Kier alpha value is -1.57. The van der Waals surface area contributed by atoms with E-state index in [0.717, 1.165) is 11.3 Å². The molecule has 1 aromatic rings. The molecule has 1 aromatic carbocycles. The standard InChI is InChI=1S/C8H8N4/c9-5-8(10)6-3-1-2-4-7(6)11-12-8/h1-4,11-12H,10H2. The van der Waals surface area contributed by atoms with Crippen LogP contribution in [0.4, 0.5) is 5.69 Å². The first-order valence-corrected chi connectivity index (χ1v) is 3.59. The largest absolute Gasteiger partial charge is 0.318 e. The van der Waals surface area contributed by atoms with Crippen LogP contribution in [0.2, 0.25) is 0 Å². The Morgan fingerprint density at radius 1 is 1.42 bits per heavy atom. The number of nitriles is 1. The Kier molecular flexibility index (Phi) is 1.30. The molecule has 0 bridgehead atoms. The molecule has 0 radical (unpaired) electrons. The van der Waals surface area contributed by atoms with E-state index < -0.39 is 5.66 Å². The minimum absolute atomic E-state index is 0.785. The molecule has 1 unspecified atom stereocenters. The maximum atomic E-state index is 8.79. The fourth-order valence-corrected chi connectivity index (χ4v) is 1.26. The molecule has 4 nitrogen and oxygen atoms in total. The van der Waals surface area contributed by atoms with E-state index in [1.54, 1.807) is 0 Å². The number of nitrogens with two attached hydrogens (primary N) is 1. The predicted octanol–water partition coefficient (Wildman–Crippen LogP) is 0.252. The number of para-hydroxylation sites is 1. The Morgan fingerprint density at radius 2 is 2.17 bits per heavy atom. The summed E-state index contributed by atoms with van der Waals surface area (Å²) < 4.78 is 0. The number of nitrogens with zero attached hydrogens (tertiary/aromatic N) is 1. The molecule has 4 N–H and O–H groups in total. The second-order valence-electron chi connectivity index (χ2n) is 2.72. The van der Waals surface area contributed by atoms with Crippen molar-refractivity contribution in [3.8, 4) is 6.07 Å². The Labute approximate surface area is 70.0 Å². The van der Waals surface area contributed by atoms with Crippen LogP contribution in [0.25, 0.3) is 0 Å². The molecule has 1 aliphatic rings. The van der Waals surface area contributed by atoms with Crippen LogP contribution in [0.1, 0.15) is 5.56 Å². The van der Waals surface area contributed by atoms with Crippen LogP contribution in [0.5, 0.6) is 0 Å². The van der Waals surface area contributed by atoms with Crippen LogP contribution in [-0.2, 0) is 5.66 Å². The third-order valence-corrected chi connectivity index (χ3v) is 1.92. The number of nitrogens with one attached hydrogen (secondary N) is 2. The average molecular weight is 160 g/mol. The van der Waals surface area contributed by atoms with Gasteiger partial charge >= 0.3 is 0 Å². The van der Waals surface area contributed by atoms with Crippen molar-refractivity contribution in [2.75, 3.05) is 5.43 Å². The van der Waals surface area contributed by atoms with Crippen LogP contribution in [0.15, 0.2) is 24.3 Å². The minimum atomic E-state index is -1.09. The lowest BCUT2D eigenvalue weighted by molar-refractivity contribution is 0.518. The monoisotopic (exact) mass is 160 g/mol. The van der Waals surface area contributed by atoms with Gasteiger partial charge in [0.25, 0.3) is 0 Å². The normalized spacial score (nSPS) is 25.7. The quantitative estimate of drug-likeness (QED) is 0.508. The average Bonchev–Trinajstić information content (AvgIpc) is 2.46. The highest BCUT2D eigenvalue weighted by Crippen LogP contribution is 2.28. The zero-order valence-corrected chi connectivity index (χ0v) is 6.33. The SMILES string of the molecule is N#CC1(N)NNc2ccccc21. The third kappa shape index (κ3) is 0.780. The molecule has 60 valence electrons. The summed E-state index contributed by atoms with van der Waals surface area (Å²) in [5.74, 6) is 0. The maximum absolute atomic E-state index is 8.79. The van der Waals surface area contributed by atoms with Gasteiger partial charge in [0.2, 0.25) is 5.66 Å². The Balaban J connectivity index is 2.58. The van der Waals surface area contributed by atoms with Crippen LogP contribution in [0, 0.1) is 11.3 Å². The zero-order chi connectivity index (χ0) is 8.60. The van der Waals surface area contributed by atoms with Gasteiger partial charge in [-0.05, 0) is 6.07 Å². The molecule has 0 spiro atoms. The van der Waals surface area contributed by atoms with Crippen LogP contribution in [-0.4, -0.2) is 0 Å². The molecule has 0 fully saturated rings. The Morgan fingerprint density at radius 3 is 2.92 bits per heavy atom. The molecular weight excluding hydrogens is 152 g/mol. The highest BCUT2D eigenvalue weighted by molar-refractivity contribution is 5.59. The van der Waals surface area contributed by atoms with Gasteiger partial charge in [-0.3, -0.25) is 5.73 Å². The van der Waals surface area contributed by atoms with Gasteiger partial charge in [-0.2, -0.15) is 10.7 Å². The molecular formula is C8H8N4. The van der Waals surface area contributed by atoms with Crippen molar-refractivity contribution >= 4 is 5.69 Å². The van der Waals surface area contributed by atoms with Gasteiger partial charge < -0.3 is 5.43 Å². The summed E-state index contributed by atoms with van der Waals surface area (Å²) in [5.41, 5.74) is 11.9. The van der Waals surface area contributed by atoms with Crippen molar-refractivity contribution in [2.24, 2.45) is 5.73 Å². The van der Waals surface area contributed by atoms with E-state index in [-0.39, 0.29) is 0 Å². The van der Waals surface area contributed by atoms with E-state index in [1.165, 1.54) is 0 Å². The zero-order valence-electron chi connectivity index (χ0n) is 6.33. The summed E-state index contributed by atoms with van der Waals surface area (Å²) in [4.78, 5) is 0.